The average Bonchev–Trinajstić information content (AvgIpc) is 2.82. The van der Waals surface area contributed by atoms with Gasteiger partial charge in [-0.3, -0.25) is 9.10 Å². The molecule has 0 saturated carbocycles. The third-order valence-electron chi connectivity index (χ3n) is 5.28. The fourth-order valence-electron chi connectivity index (χ4n) is 3.50. The highest BCUT2D eigenvalue weighted by Crippen LogP contribution is 2.36. The summed E-state index contributed by atoms with van der Waals surface area (Å²) in [7, 11) is 0.0719. The maximum atomic E-state index is 13.3. The molecule has 1 unspecified atom stereocenters. The van der Waals surface area contributed by atoms with Gasteiger partial charge in [0.1, 0.15) is 5.75 Å². The van der Waals surface area contributed by atoms with E-state index < -0.39 is 16.1 Å². The van der Waals surface area contributed by atoms with E-state index in [2.05, 4.69) is 5.32 Å². The summed E-state index contributed by atoms with van der Waals surface area (Å²) in [6, 6.07) is 22.9. The molecule has 1 N–H and O–H groups in total. The van der Waals surface area contributed by atoms with Crippen LogP contribution in [0.3, 0.4) is 0 Å². The molecule has 4 rings (SSSR count). The summed E-state index contributed by atoms with van der Waals surface area (Å²) in [5.41, 5.74) is 2.42. The van der Waals surface area contributed by atoms with Gasteiger partial charge in [-0.1, -0.05) is 42.5 Å². The van der Waals surface area contributed by atoms with E-state index in [9.17, 15) is 13.2 Å². The van der Waals surface area contributed by atoms with E-state index in [1.807, 2.05) is 43.3 Å². The van der Waals surface area contributed by atoms with Crippen molar-refractivity contribution in [1.82, 2.24) is 5.32 Å². The van der Waals surface area contributed by atoms with Crippen LogP contribution in [0.2, 0.25) is 0 Å². The summed E-state index contributed by atoms with van der Waals surface area (Å²) in [6.45, 7) is 0.207. The lowest BCUT2D eigenvalue weighted by Crippen LogP contribution is -2.50. The van der Waals surface area contributed by atoms with Crippen molar-refractivity contribution >= 4 is 27.3 Å². The Bertz CT molecular complexity index is 1200. The van der Waals surface area contributed by atoms with E-state index in [1.165, 1.54) is 4.31 Å². The van der Waals surface area contributed by atoms with Crippen molar-refractivity contribution in [1.29, 1.82) is 0 Å². The lowest BCUT2D eigenvalue weighted by atomic mass is 10.2. The Hall–Kier alpha value is -3.52. The molecule has 166 valence electrons. The standard InChI is InChI=1S/C24H25N3O4S/c1-26(2)19-14-12-18(13-15-19)16-25-24(28)23-17-27(21-10-6-7-11-22(21)31-23)32(29,30)20-8-4-3-5-9-20/h3-15,23H,16-17H2,1-2H3,(H,25,28). The number of fused-ring (bicyclic) bond motifs is 1. The van der Waals surface area contributed by atoms with Crippen molar-refractivity contribution in [3.8, 4) is 5.75 Å². The predicted octanol–water partition coefficient (Wildman–Crippen LogP) is 3.03. The summed E-state index contributed by atoms with van der Waals surface area (Å²) in [4.78, 5) is 15.1. The normalized spacial score (nSPS) is 15.4. The minimum absolute atomic E-state index is 0.111. The summed E-state index contributed by atoms with van der Waals surface area (Å²) in [6.07, 6.45) is -0.968. The first-order chi connectivity index (χ1) is 15.4. The highest BCUT2D eigenvalue weighted by atomic mass is 32.2. The molecule has 3 aromatic rings. The van der Waals surface area contributed by atoms with Gasteiger partial charge >= 0.3 is 0 Å². The smallest absolute Gasteiger partial charge is 0.264 e. The zero-order chi connectivity index (χ0) is 22.7. The summed E-state index contributed by atoms with van der Waals surface area (Å²) >= 11 is 0. The first-order valence-corrected chi connectivity index (χ1v) is 11.7. The van der Waals surface area contributed by atoms with Crippen LogP contribution in [0.15, 0.2) is 83.8 Å². The molecule has 1 amide bonds. The van der Waals surface area contributed by atoms with Crippen LogP contribution in [0, 0.1) is 0 Å². The van der Waals surface area contributed by atoms with Gasteiger partial charge in [0, 0.05) is 26.3 Å². The van der Waals surface area contributed by atoms with Gasteiger partial charge in [-0.05, 0) is 42.0 Å². The minimum atomic E-state index is -3.85. The Kier molecular flexibility index (Phi) is 6.05. The zero-order valence-electron chi connectivity index (χ0n) is 17.9. The molecule has 1 heterocycles. The van der Waals surface area contributed by atoms with Crippen LogP contribution in [0.25, 0.3) is 0 Å². The van der Waals surface area contributed by atoms with E-state index in [4.69, 9.17) is 4.74 Å². The van der Waals surface area contributed by atoms with E-state index in [0.717, 1.165) is 11.3 Å². The van der Waals surface area contributed by atoms with Crippen LogP contribution < -0.4 is 19.3 Å². The van der Waals surface area contributed by atoms with Crippen molar-refractivity contribution in [2.24, 2.45) is 0 Å². The van der Waals surface area contributed by atoms with Gasteiger partial charge in [0.15, 0.2) is 6.10 Å². The highest BCUT2D eigenvalue weighted by molar-refractivity contribution is 7.92. The van der Waals surface area contributed by atoms with Gasteiger partial charge < -0.3 is 15.0 Å². The molecular weight excluding hydrogens is 426 g/mol. The predicted molar refractivity (Wildman–Crippen MR) is 124 cm³/mol. The van der Waals surface area contributed by atoms with Crippen LogP contribution in [0.1, 0.15) is 5.56 Å². The second-order valence-electron chi connectivity index (χ2n) is 7.70. The largest absolute Gasteiger partial charge is 0.476 e. The van der Waals surface area contributed by atoms with Crippen molar-refractivity contribution in [2.45, 2.75) is 17.5 Å². The summed E-state index contributed by atoms with van der Waals surface area (Å²) in [5.74, 6) is -0.0156. The maximum absolute atomic E-state index is 13.3. The molecule has 0 fully saturated rings. The monoisotopic (exact) mass is 451 g/mol. The van der Waals surface area contributed by atoms with Gasteiger partial charge in [-0.25, -0.2) is 8.42 Å². The van der Waals surface area contributed by atoms with Gasteiger partial charge in [-0.15, -0.1) is 0 Å². The van der Waals surface area contributed by atoms with E-state index >= 15 is 0 Å². The first kappa shape index (κ1) is 21.7. The minimum Gasteiger partial charge on any atom is -0.476 e. The molecule has 0 aliphatic carbocycles. The van der Waals surface area contributed by atoms with Crippen LogP contribution in [0.4, 0.5) is 11.4 Å². The number of sulfonamides is 1. The molecule has 1 atom stereocenters. The zero-order valence-corrected chi connectivity index (χ0v) is 18.7. The molecule has 3 aromatic carbocycles. The number of carbonyl (C=O) groups excluding carboxylic acids is 1. The number of rotatable bonds is 6. The third kappa shape index (κ3) is 4.40. The Morgan fingerprint density at radius 3 is 2.34 bits per heavy atom. The number of hydrogen-bond acceptors (Lipinski definition) is 5. The van der Waals surface area contributed by atoms with E-state index in [1.54, 1.807) is 54.6 Å². The number of nitrogens with one attached hydrogen (secondary N) is 1. The number of ether oxygens (including phenoxy) is 1. The third-order valence-corrected chi connectivity index (χ3v) is 7.07. The molecule has 0 spiro atoms. The number of carbonyl (C=O) groups is 1. The molecule has 0 aromatic heterocycles. The van der Waals surface area contributed by atoms with Crippen LogP contribution in [-0.4, -0.2) is 41.1 Å². The van der Waals surface area contributed by atoms with Gasteiger partial charge in [-0.2, -0.15) is 0 Å². The van der Waals surface area contributed by atoms with Crippen molar-refractivity contribution < 1.29 is 17.9 Å². The quantitative estimate of drug-likeness (QED) is 0.623. The van der Waals surface area contributed by atoms with Crippen LogP contribution in [0.5, 0.6) is 5.75 Å². The molecule has 7 nitrogen and oxygen atoms in total. The SMILES string of the molecule is CN(C)c1ccc(CNC(=O)C2CN(S(=O)(=O)c3ccccc3)c3ccccc3O2)cc1. The Balaban J connectivity index is 1.53. The highest BCUT2D eigenvalue weighted by Gasteiger charge is 2.37. The molecular formula is C24H25N3O4S. The first-order valence-electron chi connectivity index (χ1n) is 10.2. The van der Waals surface area contributed by atoms with E-state index in [-0.39, 0.29) is 17.3 Å². The van der Waals surface area contributed by atoms with E-state index in [0.29, 0.717) is 18.0 Å². The number of benzene rings is 3. The fraction of sp³-hybridized carbons (Fsp3) is 0.208. The average molecular weight is 452 g/mol. The lowest BCUT2D eigenvalue weighted by molar-refractivity contribution is -0.127. The van der Waals surface area contributed by atoms with Gasteiger partial charge in [0.25, 0.3) is 15.9 Å². The Morgan fingerprint density at radius 1 is 1.00 bits per heavy atom. The molecule has 0 radical (unpaired) electrons. The molecule has 0 saturated heterocycles. The fourth-order valence-corrected chi connectivity index (χ4v) is 5.00. The number of hydrogen-bond donors (Lipinski definition) is 1. The second-order valence-corrected chi connectivity index (χ2v) is 9.56. The molecule has 0 bridgehead atoms. The van der Waals surface area contributed by atoms with Crippen LogP contribution in [-0.2, 0) is 21.4 Å². The van der Waals surface area contributed by atoms with Crippen LogP contribution >= 0.6 is 0 Å². The van der Waals surface area contributed by atoms with Gasteiger partial charge in [0.2, 0.25) is 0 Å². The number of nitrogens with zero attached hydrogens (tertiary/aromatic N) is 2. The molecule has 1 aliphatic heterocycles. The maximum Gasteiger partial charge on any atom is 0.264 e. The number of anilines is 2. The lowest BCUT2D eigenvalue weighted by Gasteiger charge is -2.34. The number of para-hydroxylation sites is 2. The molecule has 32 heavy (non-hydrogen) atoms. The topological polar surface area (TPSA) is 79.0 Å². The Morgan fingerprint density at radius 2 is 1.66 bits per heavy atom. The Labute approximate surface area is 188 Å². The summed E-state index contributed by atoms with van der Waals surface area (Å²) in [5, 5.41) is 2.86. The second kappa shape index (κ2) is 8.92. The summed E-state index contributed by atoms with van der Waals surface area (Å²) < 4.78 is 33.8. The van der Waals surface area contributed by atoms with Crippen molar-refractivity contribution in [2.75, 3.05) is 29.8 Å². The van der Waals surface area contributed by atoms with Crippen molar-refractivity contribution in [3.63, 3.8) is 0 Å². The molecule has 8 heteroatoms. The van der Waals surface area contributed by atoms with Crippen molar-refractivity contribution in [3.05, 3.63) is 84.4 Å². The van der Waals surface area contributed by atoms with Gasteiger partial charge in [0.05, 0.1) is 17.1 Å². The molecule has 1 aliphatic rings. The number of amides is 1.